The maximum Gasteiger partial charge on any atom is 0.338 e. The fraction of sp³-hybridized carbons (Fsp3) is 0.333. The van der Waals surface area contributed by atoms with Crippen molar-refractivity contribution in [3.05, 3.63) is 64.6 Å². The van der Waals surface area contributed by atoms with Crippen LogP contribution in [0.2, 0.25) is 0 Å². The summed E-state index contributed by atoms with van der Waals surface area (Å²) in [4.78, 5) is 53.1. The fourth-order valence-corrected chi connectivity index (χ4v) is 4.43. The smallest absolute Gasteiger partial charge is 0.338 e. The zero-order valence-electron chi connectivity index (χ0n) is 21.2. The molecule has 37 heavy (non-hydrogen) atoms. The number of benzene rings is 2. The first-order valence-electron chi connectivity index (χ1n) is 12.0. The minimum Gasteiger partial charge on any atom is -0.497 e. The molecule has 0 aliphatic carbocycles. The summed E-state index contributed by atoms with van der Waals surface area (Å²) >= 11 is 0.845. The number of nitrogens with zero attached hydrogens (tertiary/aromatic N) is 2. The largest absolute Gasteiger partial charge is 0.497 e. The third-order valence-corrected chi connectivity index (χ3v) is 6.70. The second-order valence-electron chi connectivity index (χ2n) is 8.14. The predicted molar refractivity (Wildman–Crippen MR) is 143 cm³/mol. The number of amides is 3. The first-order valence-corrected chi connectivity index (χ1v) is 12.8. The van der Waals surface area contributed by atoms with E-state index in [0.717, 1.165) is 35.3 Å². The number of hydrogen-bond donors (Lipinski definition) is 1. The molecule has 196 valence electrons. The van der Waals surface area contributed by atoms with Gasteiger partial charge in [-0.2, -0.15) is 0 Å². The molecule has 1 fully saturated rings. The van der Waals surface area contributed by atoms with Crippen molar-refractivity contribution in [2.45, 2.75) is 20.3 Å². The highest BCUT2D eigenvalue weighted by Crippen LogP contribution is 2.32. The van der Waals surface area contributed by atoms with Gasteiger partial charge in [-0.3, -0.25) is 19.3 Å². The van der Waals surface area contributed by atoms with Crippen LogP contribution in [0.4, 0.5) is 10.5 Å². The molecule has 1 heterocycles. The maximum atomic E-state index is 12.7. The summed E-state index contributed by atoms with van der Waals surface area (Å²) in [5.74, 6) is -0.515. The summed E-state index contributed by atoms with van der Waals surface area (Å²) in [6.45, 7) is 6.83. The number of hydrogen-bond acceptors (Lipinski definition) is 8. The van der Waals surface area contributed by atoms with E-state index < -0.39 is 17.1 Å². The average molecular weight is 526 g/mol. The normalized spacial score (nSPS) is 14.4. The lowest BCUT2D eigenvalue weighted by molar-refractivity contribution is -0.123. The Morgan fingerprint density at radius 3 is 2.32 bits per heavy atom. The molecule has 0 aromatic heterocycles. The molecular formula is C27H31N3O6S. The first kappa shape index (κ1) is 27.9. The lowest BCUT2D eigenvalue weighted by Crippen LogP contribution is -2.31. The average Bonchev–Trinajstić information content (AvgIpc) is 3.17. The predicted octanol–water partition coefficient (Wildman–Crippen LogP) is 4.26. The van der Waals surface area contributed by atoms with Crippen molar-refractivity contribution in [2.75, 3.05) is 45.2 Å². The van der Waals surface area contributed by atoms with Crippen molar-refractivity contribution >= 4 is 46.5 Å². The van der Waals surface area contributed by atoms with Crippen molar-refractivity contribution in [3.63, 3.8) is 0 Å². The zero-order chi connectivity index (χ0) is 26.8. The van der Waals surface area contributed by atoms with E-state index in [2.05, 4.69) is 24.1 Å². The Labute approximate surface area is 220 Å². The molecule has 2 aromatic rings. The van der Waals surface area contributed by atoms with Crippen LogP contribution in [0.5, 0.6) is 5.75 Å². The van der Waals surface area contributed by atoms with Gasteiger partial charge in [0.2, 0.25) is 5.91 Å². The van der Waals surface area contributed by atoms with Gasteiger partial charge in [0, 0.05) is 25.2 Å². The van der Waals surface area contributed by atoms with Crippen LogP contribution < -0.4 is 10.1 Å². The molecule has 9 nitrogen and oxygen atoms in total. The first-order chi connectivity index (χ1) is 17.8. The monoisotopic (exact) mass is 525 g/mol. The molecule has 0 bridgehead atoms. The summed E-state index contributed by atoms with van der Waals surface area (Å²) in [6.07, 6.45) is 1.59. The van der Waals surface area contributed by atoms with Gasteiger partial charge in [0.25, 0.3) is 11.1 Å². The van der Waals surface area contributed by atoms with Gasteiger partial charge in [0.05, 0.1) is 17.6 Å². The SMILES string of the molecule is CCN(CC)CCOC(=O)c1ccc(NC(=O)CCN2C(=O)SC(=Cc3ccc(OC)cc3)C2=O)cc1. The highest BCUT2D eigenvalue weighted by Gasteiger charge is 2.35. The van der Waals surface area contributed by atoms with Crippen LogP contribution in [0.1, 0.15) is 36.2 Å². The van der Waals surface area contributed by atoms with Gasteiger partial charge in [-0.15, -0.1) is 0 Å². The van der Waals surface area contributed by atoms with E-state index in [4.69, 9.17) is 9.47 Å². The Kier molecular flexibility index (Phi) is 10.3. The number of carbonyl (C=O) groups is 4. The van der Waals surface area contributed by atoms with Gasteiger partial charge in [-0.25, -0.2) is 4.79 Å². The summed E-state index contributed by atoms with van der Waals surface area (Å²) in [6, 6.07) is 13.5. The molecule has 1 aliphatic heterocycles. The number of imide groups is 1. The van der Waals surface area contributed by atoms with Crippen LogP contribution in [0, 0.1) is 0 Å². The number of carbonyl (C=O) groups excluding carboxylic acids is 4. The topological polar surface area (TPSA) is 105 Å². The second kappa shape index (κ2) is 13.6. The quantitative estimate of drug-likeness (QED) is 0.324. The highest BCUT2D eigenvalue weighted by molar-refractivity contribution is 8.18. The van der Waals surface area contributed by atoms with E-state index in [-0.39, 0.29) is 18.9 Å². The third kappa shape index (κ3) is 7.93. The second-order valence-corrected chi connectivity index (χ2v) is 9.14. The maximum absolute atomic E-state index is 12.7. The van der Waals surface area contributed by atoms with Gasteiger partial charge in [0.1, 0.15) is 12.4 Å². The Bertz CT molecular complexity index is 1140. The molecule has 3 amide bonds. The van der Waals surface area contributed by atoms with E-state index in [1.54, 1.807) is 61.7 Å². The van der Waals surface area contributed by atoms with Crippen molar-refractivity contribution in [3.8, 4) is 5.75 Å². The molecule has 0 unspecified atom stereocenters. The third-order valence-electron chi connectivity index (χ3n) is 5.79. The van der Waals surface area contributed by atoms with Gasteiger partial charge in [-0.05, 0) is 72.9 Å². The molecule has 0 spiro atoms. The van der Waals surface area contributed by atoms with Crippen LogP contribution in [-0.2, 0) is 14.3 Å². The standard InChI is InChI=1S/C27H31N3O6S/c1-4-29(5-2)16-17-36-26(33)20-8-10-21(11-9-20)28-24(31)14-15-30-25(32)23(37-27(30)34)18-19-6-12-22(35-3)13-7-19/h6-13,18H,4-5,14-17H2,1-3H3,(H,28,31). The Morgan fingerprint density at radius 2 is 1.70 bits per heavy atom. The van der Waals surface area contributed by atoms with Crippen molar-refractivity contribution in [1.29, 1.82) is 0 Å². The van der Waals surface area contributed by atoms with E-state index in [1.165, 1.54) is 0 Å². The van der Waals surface area contributed by atoms with Gasteiger partial charge >= 0.3 is 5.97 Å². The number of rotatable bonds is 12. The lowest BCUT2D eigenvalue weighted by Gasteiger charge is -2.17. The van der Waals surface area contributed by atoms with Crippen molar-refractivity contribution in [1.82, 2.24) is 9.80 Å². The van der Waals surface area contributed by atoms with Crippen LogP contribution in [0.3, 0.4) is 0 Å². The number of thioether (sulfide) groups is 1. The summed E-state index contributed by atoms with van der Waals surface area (Å²) < 4.78 is 10.4. The minimum atomic E-state index is -0.428. The highest BCUT2D eigenvalue weighted by atomic mass is 32.2. The van der Waals surface area contributed by atoms with Gasteiger partial charge in [-0.1, -0.05) is 26.0 Å². The van der Waals surface area contributed by atoms with Gasteiger partial charge < -0.3 is 19.7 Å². The molecule has 3 rings (SSSR count). The molecule has 0 radical (unpaired) electrons. The van der Waals surface area contributed by atoms with Crippen molar-refractivity contribution in [2.24, 2.45) is 0 Å². The van der Waals surface area contributed by atoms with E-state index in [9.17, 15) is 19.2 Å². The van der Waals surface area contributed by atoms with E-state index in [1.807, 2.05) is 0 Å². The Morgan fingerprint density at radius 1 is 1.03 bits per heavy atom. The van der Waals surface area contributed by atoms with Crippen LogP contribution >= 0.6 is 11.8 Å². The molecular weight excluding hydrogens is 494 g/mol. The molecule has 1 aliphatic rings. The zero-order valence-corrected chi connectivity index (χ0v) is 22.0. The van der Waals surface area contributed by atoms with E-state index >= 15 is 0 Å². The summed E-state index contributed by atoms with van der Waals surface area (Å²) in [7, 11) is 1.57. The molecule has 10 heteroatoms. The molecule has 1 saturated heterocycles. The number of likely N-dealkylation sites (N-methyl/N-ethyl adjacent to an activating group) is 1. The molecule has 0 saturated carbocycles. The number of ether oxygens (including phenoxy) is 2. The number of methoxy groups -OCH3 is 1. The summed E-state index contributed by atoms with van der Waals surface area (Å²) in [5, 5.41) is 2.30. The van der Waals surface area contributed by atoms with Crippen LogP contribution in [-0.4, -0.2) is 72.7 Å². The number of nitrogens with one attached hydrogen (secondary N) is 1. The van der Waals surface area contributed by atoms with Gasteiger partial charge in [0.15, 0.2) is 0 Å². The van der Waals surface area contributed by atoms with Crippen LogP contribution in [0.25, 0.3) is 6.08 Å². The van der Waals surface area contributed by atoms with Crippen LogP contribution in [0.15, 0.2) is 53.4 Å². The Balaban J connectivity index is 1.47. The molecule has 1 N–H and O–H groups in total. The van der Waals surface area contributed by atoms with Crippen molar-refractivity contribution < 1.29 is 28.7 Å². The molecule has 2 aromatic carbocycles. The lowest BCUT2D eigenvalue weighted by atomic mass is 10.2. The number of esters is 1. The van der Waals surface area contributed by atoms with E-state index in [0.29, 0.717) is 35.1 Å². The minimum absolute atomic E-state index is 0.0343. The fourth-order valence-electron chi connectivity index (χ4n) is 3.56. The number of anilines is 1. The summed E-state index contributed by atoms with van der Waals surface area (Å²) in [5.41, 5.74) is 1.65. The molecule has 0 atom stereocenters. The Hall–Kier alpha value is -3.63.